The zero-order valence-corrected chi connectivity index (χ0v) is 12.8. The minimum atomic E-state index is -4.71. The number of nitrogen functional groups attached to an aromatic ring is 1. The summed E-state index contributed by atoms with van der Waals surface area (Å²) in [6, 6.07) is 14.4. The van der Waals surface area contributed by atoms with Crippen molar-refractivity contribution in [2.45, 2.75) is 6.18 Å². The Labute approximate surface area is 141 Å². The Kier molecular flexibility index (Phi) is 4.31. The first-order valence-electron chi connectivity index (χ1n) is 7.30. The number of aromatic nitrogens is 1. The van der Waals surface area contributed by atoms with E-state index in [1.165, 1.54) is 12.1 Å². The highest BCUT2D eigenvalue weighted by atomic mass is 19.4. The van der Waals surface area contributed by atoms with E-state index in [9.17, 15) is 17.6 Å². The molecule has 0 aliphatic heterocycles. The molecule has 2 aromatic carbocycles. The molecule has 0 aliphatic carbocycles. The highest BCUT2D eigenvalue weighted by Crippen LogP contribution is 2.38. The van der Waals surface area contributed by atoms with Gasteiger partial charge in [-0.25, -0.2) is 9.37 Å². The fraction of sp³-hybridized carbons (Fsp3) is 0.0556. The van der Waals surface area contributed by atoms with Gasteiger partial charge in [-0.2, -0.15) is 13.2 Å². The average molecular weight is 347 g/mol. The smallest absolute Gasteiger partial charge is 0.399 e. The molecule has 3 N–H and O–H groups in total. The summed E-state index contributed by atoms with van der Waals surface area (Å²) < 4.78 is 53.8. The Bertz CT molecular complexity index is 893. The fourth-order valence-electron chi connectivity index (χ4n) is 2.43. The van der Waals surface area contributed by atoms with Gasteiger partial charge < -0.3 is 11.1 Å². The number of hydrogen-bond acceptors (Lipinski definition) is 3. The number of nitrogens with zero attached hydrogens (tertiary/aromatic N) is 1. The maximum Gasteiger partial charge on any atom is 0.417 e. The number of rotatable bonds is 3. The molecule has 0 amide bonds. The quantitative estimate of drug-likeness (QED) is 0.638. The van der Waals surface area contributed by atoms with Gasteiger partial charge in [-0.1, -0.05) is 24.3 Å². The Balaban J connectivity index is 2.10. The average Bonchev–Trinajstić information content (AvgIpc) is 2.54. The summed E-state index contributed by atoms with van der Waals surface area (Å²) in [7, 11) is 0. The second-order valence-electron chi connectivity index (χ2n) is 5.32. The van der Waals surface area contributed by atoms with Crippen LogP contribution in [0.5, 0.6) is 0 Å². The van der Waals surface area contributed by atoms with Crippen molar-refractivity contribution in [3.05, 3.63) is 72.0 Å². The van der Waals surface area contributed by atoms with Gasteiger partial charge >= 0.3 is 6.18 Å². The SMILES string of the molecule is Nc1cc(Nc2ccccc2)nc(-c2c(F)cccc2C(F)(F)F)c1. The first-order chi connectivity index (χ1) is 11.8. The zero-order valence-electron chi connectivity index (χ0n) is 12.8. The molecule has 0 spiro atoms. The normalized spacial score (nSPS) is 11.4. The van der Waals surface area contributed by atoms with Crippen LogP contribution in [0.15, 0.2) is 60.7 Å². The van der Waals surface area contributed by atoms with Crippen LogP contribution < -0.4 is 11.1 Å². The molecule has 0 aliphatic rings. The number of nitrogens with one attached hydrogen (secondary N) is 1. The summed E-state index contributed by atoms with van der Waals surface area (Å²) in [5.41, 5.74) is 4.70. The van der Waals surface area contributed by atoms with Crippen LogP contribution in [0.1, 0.15) is 5.56 Å². The molecular weight excluding hydrogens is 334 g/mol. The third kappa shape index (κ3) is 3.71. The number of halogens is 4. The topological polar surface area (TPSA) is 50.9 Å². The molecule has 0 saturated carbocycles. The van der Waals surface area contributed by atoms with Crippen molar-refractivity contribution in [1.82, 2.24) is 4.98 Å². The maximum atomic E-state index is 14.2. The first-order valence-corrected chi connectivity index (χ1v) is 7.30. The van der Waals surface area contributed by atoms with E-state index in [1.807, 2.05) is 6.07 Å². The van der Waals surface area contributed by atoms with Gasteiger partial charge in [0.2, 0.25) is 0 Å². The van der Waals surface area contributed by atoms with E-state index in [-0.39, 0.29) is 17.2 Å². The maximum absolute atomic E-state index is 14.2. The van der Waals surface area contributed by atoms with Gasteiger partial charge in [0.1, 0.15) is 11.6 Å². The molecule has 1 aromatic heterocycles. The van der Waals surface area contributed by atoms with Crippen molar-refractivity contribution in [1.29, 1.82) is 0 Å². The Morgan fingerprint density at radius 3 is 2.32 bits per heavy atom. The fourth-order valence-corrected chi connectivity index (χ4v) is 2.43. The van der Waals surface area contributed by atoms with Gasteiger partial charge in [-0.3, -0.25) is 0 Å². The summed E-state index contributed by atoms with van der Waals surface area (Å²) in [5, 5.41) is 2.94. The van der Waals surface area contributed by atoms with E-state index in [0.29, 0.717) is 5.69 Å². The lowest BCUT2D eigenvalue weighted by molar-refractivity contribution is -0.137. The number of anilines is 3. The summed E-state index contributed by atoms with van der Waals surface area (Å²) in [4.78, 5) is 4.10. The van der Waals surface area contributed by atoms with E-state index in [2.05, 4.69) is 10.3 Å². The second-order valence-corrected chi connectivity index (χ2v) is 5.32. The third-order valence-electron chi connectivity index (χ3n) is 3.47. The van der Waals surface area contributed by atoms with E-state index >= 15 is 0 Å². The van der Waals surface area contributed by atoms with Crippen LogP contribution in [0.2, 0.25) is 0 Å². The lowest BCUT2D eigenvalue weighted by atomic mass is 10.0. The van der Waals surface area contributed by atoms with Crippen molar-refractivity contribution in [2.75, 3.05) is 11.1 Å². The third-order valence-corrected chi connectivity index (χ3v) is 3.47. The van der Waals surface area contributed by atoms with Gasteiger partial charge in [0, 0.05) is 23.0 Å². The molecule has 128 valence electrons. The van der Waals surface area contributed by atoms with Crippen molar-refractivity contribution in [2.24, 2.45) is 0 Å². The van der Waals surface area contributed by atoms with Crippen molar-refractivity contribution < 1.29 is 17.6 Å². The highest BCUT2D eigenvalue weighted by molar-refractivity contribution is 5.72. The van der Waals surface area contributed by atoms with Gasteiger partial charge in [-0.05, 0) is 30.3 Å². The molecular formula is C18H13F4N3. The van der Waals surface area contributed by atoms with Crippen LogP contribution in [0.4, 0.5) is 34.8 Å². The standard InChI is InChI=1S/C18H13F4N3/c19-14-8-4-7-13(18(20,21)22)17(14)15-9-11(23)10-16(25-15)24-12-5-2-1-3-6-12/h1-10H,(H3,23,24,25). The second kappa shape index (κ2) is 6.43. The molecule has 0 atom stereocenters. The zero-order chi connectivity index (χ0) is 18.0. The number of hydrogen-bond donors (Lipinski definition) is 2. The molecule has 3 aromatic rings. The van der Waals surface area contributed by atoms with Crippen molar-refractivity contribution >= 4 is 17.2 Å². The van der Waals surface area contributed by atoms with Crippen molar-refractivity contribution in [3.63, 3.8) is 0 Å². The number of para-hydroxylation sites is 1. The molecule has 0 radical (unpaired) electrons. The number of pyridine rings is 1. The summed E-state index contributed by atoms with van der Waals surface area (Å²) in [6.07, 6.45) is -4.71. The number of alkyl halides is 3. The highest BCUT2D eigenvalue weighted by Gasteiger charge is 2.35. The lowest BCUT2D eigenvalue weighted by Crippen LogP contribution is -2.09. The molecule has 3 nitrogen and oxygen atoms in total. The van der Waals surface area contributed by atoms with E-state index in [0.717, 1.165) is 18.2 Å². The van der Waals surface area contributed by atoms with E-state index < -0.39 is 23.1 Å². The van der Waals surface area contributed by atoms with Gasteiger partial charge in [0.05, 0.1) is 11.3 Å². The molecule has 0 unspecified atom stereocenters. The molecule has 25 heavy (non-hydrogen) atoms. The van der Waals surface area contributed by atoms with Crippen LogP contribution in [-0.2, 0) is 6.18 Å². The summed E-state index contributed by atoms with van der Waals surface area (Å²) in [5.74, 6) is -0.795. The predicted octanol–water partition coefficient (Wildman–Crippen LogP) is 5.23. The largest absolute Gasteiger partial charge is 0.417 e. The van der Waals surface area contributed by atoms with Crippen LogP contribution in [0.25, 0.3) is 11.3 Å². The van der Waals surface area contributed by atoms with E-state index in [1.54, 1.807) is 24.3 Å². The predicted molar refractivity (Wildman–Crippen MR) is 88.8 cm³/mol. The monoisotopic (exact) mass is 347 g/mol. The summed E-state index contributed by atoms with van der Waals surface area (Å²) in [6.45, 7) is 0. The molecule has 3 rings (SSSR count). The summed E-state index contributed by atoms with van der Waals surface area (Å²) >= 11 is 0. The van der Waals surface area contributed by atoms with Gasteiger partial charge in [0.25, 0.3) is 0 Å². The van der Waals surface area contributed by atoms with Gasteiger partial charge in [0.15, 0.2) is 0 Å². The number of nitrogens with two attached hydrogens (primary N) is 1. The molecule has 0 fully saturated rings. The Morgan fingerprint density at radius 1 is 0.920 bits per heavy atom. The van der Waals surface area contributed by atoms with E-state index in [4.69, 9.17) is 5.73 Å². The number of benzene rings is 2. The van der Waals surface area contributed by atoms with Crippen LogP contribution >= 0.6 is 0 Å². The molecule has 0 saturated heterocycles. The minimum Gasteiger partial charge on any atom is -0.399 e. The lowest BCUT2D eigenvalue weighted by Gasteiger charge is -2.15. The Morgan fingerprint density at radius 2 is 1.64 bits per heavy atom. The first kappa shape index (κ1) is 16.8. The van der Waals surface area contributed by atoms with Gasteiger partial charge in [-0.15, -0.1) is 0 Å². The van der Waals surface area contributed by atoms with Crippen LogP contribution in [-0.4, -0.2) is 4.98 Å². The van der Waals surface area contributed by atoms with Crippen molar-refractivity contribution in [3.8, 4) is 11.3 Å². The minimum absolute atomic E-state index is 0.166. The Hall–Kier alpha value is -3.09. The van der Waals surface area contributed by atoms with Crippen LogP contribution in [0, 0.1) is 5.82 Å². The molecule has 1 heterocycles. The molecule has 0 bridgehead atoms. The molecule has 7 heteroatoms. The van der Waals surface area contributed by atoms with Crippen LogP contribution in [0.3, 0.4) is 0 Å².